The fourth-order valence-electron chi connectivity index (χ4n) is 2.68. The lowest BCUT2D eigenvalue weighted by Gasteiger charge is -2.17. The lowest BCUT2D eigenvalue weighted by molar-refractivity contribution is 0.162. The summed E-state index contributed by atoms with van der Waals surface area (Å²) in [4.78, 5) is 3.86. The highest BCUT2D eigenvalue weighted by Gasteiger charge is 2.25. The number of nitrogens with one attached hydrogen (secondary N) is 1. The van der Waals surface area contributed by atoms with Crippen molar-refractivity contribution < 1.29 is 22.9 Å². The van der Waals surface area contributed by atoms with Crippen LogP contribution in [0, 0.1) is 0 Å². The van der Waals surface area contributed by atoms with Crippen molar-refractivity contribution >= 4 is 33.8 Å². The molecule has 0 bridgehead atoms. The summed E-state index contributed by atoms with van der Waals surface area (Å²) >= 11 is 0. The maximum absolute atomic E-state index is 12.7. The quantitative estimate of drug-likeness (QED) is 0.478. The molecule has 3 rings (SSSR count). The molecule has 3 aromatic rings. The summed E-state index contributed by atoms with van der Waals surface area (Å²) in [5.41, 5.74) is 0.887. The van der Waals surface area contributed by atoms with Gasteiger partial charge in [-0.2, -0.15) is 0 Å². The highest BCUT2D eigenvalue weighted by atomic mass is 32.2. The molecule has 0 saturated carbocycles. The Morgan fingerprint density at radius 1 is 0.926 bits per heavy atom. The predicted molar refractivity (Wildman–Crippen MR) is 105 cm³/mol. The fourth-order valence-corrected chi connectivity index (χ4v) is 3.70. The lowest BCUT2D eigenvalue weighted by atomic mass is 10.1. The predicted octanol–water partition coefficient (Wildman–Crippen LogP) is 2.17. The third-order valence-electron chi connectivity index (χ3n) is 3.87. The van der Waals surface area contributed by atoms with Crippen LogP contribution in [-0.2, 0) is 14.8 Å². The second-order valence-electron chi connectivity index (χ2n) is 5.97. The SMILES string of the molecule is CN(C)c1cccc2c(S(=O)(=O)NOB(O)Oc3ccccc3)cccc12. The molecule has 0 fully saturated rings. The van der Waals surface area contributed by atoms with Crippen molar-refractivity contribution in [3.63, 3.8) is 0 Å². The molecule has 3 aromatic carbocycles. The van der Waals surface area contributed by atoms with E-state index < -0.39 is 17.3 Å². The van der Waals surface area contributed by atoms with E-state index >= 15 is 0 Å². The number of hydrogen-bond donors (Lipinski definition) is 2. The van der Waals surface area contributed by atoms with Gasteiger partial charge in [-0.1, -0.05) is 42.5 Å². The van der Waals surface area contributed by atoms with Crippen molar-refractivity contribution in [1.29, 1.82) is 0 Å². The molecular formula is C18H19BN2O5S. The van der Waals surface area contributed by atoms with Crippen molar-refractivity contribution in [2.24, 2.45) is 0 Å². The average molecular weight is 386 g/mol. The first-order valence-corrected chi connectivity index (χ1v) is 9.63. The van der Waals surface area contributed by atoms with Gasteiger partial charge in [0.1, 0.15) is 5.75 Å². The molecule has 27 heavy (non-hydrogen) atoms. The molecule has 0 amide bonds. The van der Waals surface area contributed by atoms with E-state index in [-0.39, 0.29) is 4.90 Å². The van der Waals surface area contributed by atoms with Gasteiger partial charge in [-0.15, -0.1) is 4.89 Å². The molecule has 0 aliphatic carbocycles. The van der Waals surface area contributed by atoms with Gasteiger partial charge in [0.2, 0.25) is 0 Å². The van der Waals surface area contributed by atoms with Crippen LogP contribution >= 0.6 is 0 Å². The summed E-state index contributed by atoms with van der Waals surface area (Å²) in [6.45, 7) is 0. The van der Waals surface area contributed by atoms with Gasteiger partial charge in [0.25, 0.3) is 10.0 Å². The highest BCUT2D eigenvalue weighted by molar-refractivity contribution is 7.89. The summed E-state index contributed by atoms with van der Waals surface area (Å²) in [6.07, 6.45) is 0. The summed E-state index contributed by atoms with van der Waals surface area (Å²) in [5, 5.41) is 11.1. The van der Waals surface area contributed by atoms with Crippen LogP contribution in [0.5, 0.6) is 5.75 Å². The van der Waals surface area contributed by atoms with E-state index in [1.54, 1.807) is 48.5 Å². The normalized spacial score (nSPS) is 11.4. The van der Waals surface area contributed by atoms with Gasteiger partial charge in [0, 0.05) is 30.6 Å². The Morgan fingerprint density at radius 2 is 1.59 bits per heavy atom. The molecule has 0 aliphatic rings. The Kier molecular flexibility index (Phi) is 5.66. The van der Waals surface area contributed by atoms with Gasteiger partial charge in [-0.05, 0) is 24.3 Å². The zero-order valence-corrected chi connectivity index (χ0v) is 15.7. The van der Waals surface area contributed by atoms with E-state index in [4.69, 9.17) is 9.41 Å². The zero-order chi connectivity index (χ0) is 19.4. The number of para-hydroxylation sites is 1. The first kappa shape index (κ1) is 19.2. The number of sulfonamides is 1. The second kappa shape index (κ2) is 7.97. The fraction of sp³-hybridized carbons (Fsp3) is 0.111. The van der Waals surface area contributed by atoms with E-state index in [0.29, 0.717) is 11.1 Å². The van der Waals surface area contributed by atoms with Gasteiger partial charge in [0.05, 0.1) is 4.90 Å². The molecule has 0 aromatic heterocycles. The van der Waals surface area contributed by atoms with Crippen molar-refractivity contribution in [3.8, 4) is 5.75 Å². The van der Waals surface area contributed by atoms with Crippen LogP contribution in [0.2, 0.25) is 0 Å². The number of anilines is 1. The Bertz CT molecular complexity index is 1030. The summed E-state index contributed by atoms with van der Waals surface area (Å²) in [6, 6.07) is 18.8. The topological polar surface area (TPSA) is 88.1 Å². The minimum absolute atomic E-state index is 0.0376. The standard InChI is InChI=1S/C18H19BN2O5S/c1-21(2)17-12-6-11-16-15(17)10-7-13-18(16)27(23,24)20-26-19(22)25-14-8-4-3-5-9-14/h3-13,20,22H,1-2H3. The molecule has 0 radical (unpaired) electrons. The Morgan fingerprint density at radius 3 is 2.30 bits per heavy atom. The minimum atomic E-state index is -4.05. The van der Waals surface area contributed by atoms with Crippen LogP contribution in [0.25, 0.3) is 10.8 Å². The van der Waals surface area contributed by atoms with E-state index in [1.165, 1.54) is 6.07 Å². The molecule has 140 valence electrons. The van der Waals surface area contributed by atoms with E-state index in [9.17, 15) is 13.4 Å². The molecule has 7 nitrogen and oxygen atoms in total. The number of fused-ring (bicyclic) bond motifs is 1. The second-order valence-corrected chi connectivity index (χ2v) is 7.58. The molecule has 0 saturated heterocycles. The van der Waals surface area contributed by atoms with Crippen LogP contribution in [-0.4, -0.2) is 34.9 Å². The molecule has 0 aliphatic heterocycles. The van der Waals surface area contributed by atoms with E-state index in [2.05, 4.69) is 0 Å². The van der Waals surface area contributed by atoms with Crippen LogP contribution < -0.4 is 14.4 Å². The third kappa shape index (κ3) is 4.40. The third-order valence-corrected chi connectivity index (χ3v) is 5.12. The van der Waals surface area contributed by atoms with Gasteiger partial charge in [-0.25, -0.2) is 8.42 Å². The van der Waals surface area contributed by atoms with Crippen molar-refractivity contribution in [2.75, 3.05) is 19.0 Å². The van der Waals surface area contributed by atoms with Crippen molar-refractivity contribution in [3.05, 3.63) is 66.7 Å². The number of benzene rings is 3. The molecule has 0 spiro atoms. The van der Waals surface area contributed by atoms with Gasteiger partial charge < -0.3 is 14.6 Å². The molecule has 2 N–H and O–H groups in total. The zero-order valence-electron chi connectivity index (χ0n) is 14.9. The largest absolute Gasteiger partial charge is 0.728 e. The van der Waals surface area contributed by atoms with Gasteiger partial charge in [-0.3, -0.25) is 4.76 Å². The van der Waals surface area contributed by atoms with Gasteiger partial charge >= 0.3 is 7.32 Å². The minimum Gasteiger partial charge on any atom is -0.511 e. The van der Waals surface area contributed by atoms with Crippen LogP contribution in [0.1, 0.15) is 0 Å². The van der Waals surface area contributed by atoms with Crippen molar-refractivity contribution in [2.45, 2.75) is 4.90 Å². The maximum Gasteiger partial charge on any atom is 0.728 e. The molecular weight excluding hydrogens is 367 g/mol. The van der Waals surface area contributed by atoms with E-state index in [1.807, 2.05) is 36.0 Å². The van der Waals surface area contributed by atoms with Crippen LogP contribution in [0.3, 0.4) is 0 Å². The van der Waals surface area contributed by atoms with Crippen LogP contribution in [0.4, 0.5) is 5.69 Å². The maximum atomic E-state index is 12.7. The van der Waals surface area contributed by atoms with Gasteiger partial charge in [0.15, 0.2) is 0 Å². The summed E-state index contributed by atoms with van der Waals surface area (Å²) < 4.78 is 35.2. The molecule has 0 heterocycles. The lowest BCUT2D eigenvalue weighted by Crippen LogP contribution is -2.36. The number of nitrogens with zero attached hydrogens (tertiary/aromatic N) is 1. The van der Waals surface area contributed by atoms with Crippen molar-refractivity contribution in [1.82, 2.24) is 4.89 Å². The highest BCUT2D eigenvalue weighted by Crippen LogP contribution is 2.30. The first-order chi connectivity index (χ1) is 12.9. The van der Waals surface area contributed by atoms with Crippen LogP contribution in [0.15, 0.2) is 71.6 Å². The Hall–Kier alpha value is -2.59. The van der Waals surface area contributed by atoms with E-state index in [0.717, 1.165) is 11.1 Å². The molecule has 9 heteroatoms. The average Bonchev–Trinajstić information content (AvgIpc) is 2.66. The molecule has 0 unspecified atom stereocenters. The summed E-state index contributed by atoms with van der Waals surface area (Å²) in [5.74, 6) is 0.338. The number of rotatable bonds is 7. The monoisotopic (exact) mass is 386 g/mol. The Labute approximate surface area is 158 Å². The Balaban J connectivity index is 1.82. The first-order valence-electron chi connectivity index (χ1n) is 8.15. The summed E-state index contributed by atoms with van der Waals surface area (Å²) in [7, 11) is -2.08. The molecule has 0 atom stereocenters. The number of hydrogen-bond acceptors (Lipinski definition) is 6. The smallest absolute Gasteiger partial charge is 0.511 e.